The zero-order chi connectivity index (χ0) is 23.2. The van der Waals surface area contributed by atoms with Gasteiger partial charge in [-0.2, -0.15) is 0 Å². The van der Waals surface area contributed by atoms with E-state index in [1.165, 1.54) is 0 Å². The number of para-hydroxylation sites is 1. The summed E-state index contributed by atoms with van der Waals surface area (Å²) >= 11 is 0. The lowest BCUT2D eigenvalue weighted by molar-refractivity contribution is -0.116. The number of anilines is 2. The average molecular weight is 451 g/mol. The van der Waals surface area contributed by atoms with Crippen LogP contribution in [0.2, 0.25) is 0 Å². The average Bonchev–Trinajstić information content (AvgIpc) is 3.22. The zero-order valence-corrected chi connectivity index (χ0v) is 19.6. The Morgan fingerprint density at radius 1 is 1.12 bits per heavy atom. The third kappa shape index (κ3) is 4.10. The summed E-state index contributed by atoms with van der Waals surface area (Å²) in [5.41, 5.74) is 3.46. The maximum atomic E-state index is 14.6. The Balaban J connectivity index is 1.30. The molecule has 1 amide bonds. The lowest BCUT2D eigenvalue weighted by atomic mass is 9.76. The molecule has 0 aliphatic carbocycles. The molecule has 1 saturated heterocycles. The number of halogens is 1. The second-order valence-electron chi connectivity index (χ2n) is 9.85. The van der Waals surface area contributed by atoms with Crippen LogP contribution in [0.5, 0.6) is 0 Å². The molecule has 0 spiro atoms. The summed E-state index contributed by atoms with van der Waals surface area (Å²) in [6.07, 6.45) is 1.55. The van der Waals surface area contributed by atoms with E-state index >= 15 is 0 Å². The van der Waals surface area contributed by atoms with Crippen molar-refractivity contribution >= 4 is 28.4 Å². The standard InChI is InChI=1S/C26H31FN4O2/c1-18(32)31-11-9-26(2,3)22-17-20(27)16-19(24(22)31)8-10-29-12-14-30(15-13-29)25-21-6-4-5-7-23(21)33-28-25/h4-7,16-17H,8-15H2,1-3H3. The van der Waals surface area contributed by atoms with Crippen molar-refractivity contribution in [3.05, 3.63) is 53.3 Å². The molecule has 0 saturated carbocycles. The van der Waals surface area contributed by atoms with E-state index in [0.717, 1.165) is 72.7 Å². The fraction of sp³-hybridized carbons (Fsp3) is 0.462. The highest BCUT2D eigenvalue weighted by Crippen LogP contribution is 2.42. The Labute approximate surface area is 193 Å². The quantitative estimate of drug-likeness (QED) is 0.591. The molecule has 2 aliphatic heterocycles. The smallest absolute Gasteiger partial charge is 0.223 e. The maximum Gasteiger partial charge on any atom is 0.223 e. The number of piperazine rings is 1. The molecule has 0 atom stereocenters. The fourth-order valence-corrected chi connectivity index (χ4v) is 5.20. The molecule has 5 rings (SSSR count). The van der Waals surface area contributed by atoms with E-state index in [1.54, 1.807) is 19.1 Å². The lowest BCUT2D eigenvalue weighted by Gasteiger charge is -2.40. The van der Waals surface area contributed by atoms with Crippen LogP contribution in [0.3, 0.4) is 0 Å². The summed E-state index contributed by atoms with van der Waals surface area (Å²) in [7, 11) is 0. The monoisotopic (exact) mass is 450 g/mol. The number of amides is 1. The molecule has 0 radical (unpaired) electrons. The van der Waals surface area contributed by atoms with Crippen molar-refractivity contribution in [2.75, 3.05) is 49.1 Å². The van der Waals surface area contributed by atoms with Crippen LogP contribution in [0, 0.1) is 5.82 Å². The molecule has 7 heteroatoms. The van der Waals surface area contributed by atoms with Gasteiger partial charge in [0.1, 0.15) is 5.82 Å². The summed E-state index contributed by atoms with van der Waals surface area (Å²) in [4.78, 5) is 18.9. The molecular formula is C26H31FN4O2. The van der Waals surface area contributed by atoms with Gasteiger partial charge < -0.3 is 14.3 Å². The van der Waals surface area contributed by atoms with Crippen LogP contribution in [-0.2, 0) is 16.6 Å². The number of fused-ring (bicyclic) bond motifs is 2. The first-order valence-electron chi connectivity index (χ1n) is 11.8. The van der Waals surface area contributed by atoms with E-state index < -0.39 is 0 Å². The summed E-state index contributed by atoms with van der Waals surface area (Å²) in [5, 5.41) is 5.33. The molecule has 33 heavy (non-hydrogen) atoms. The zero-order valence-electron chi connectivity index (χ0n) is 19.6. The van der Waals surface area contributed by atoms with Gasteiger partial charge in [-0.1, -0.05) is 31.1 Å². The summed E-state index contributed by atoms with van der Waals surface area (Å²) in [6, 6.07) is 11.2. The van der Waals surface area contributed by atoms with Gasteiger partial charge in [0, 0.05) is 46.2 Å². The van der Waals surface area contributed by atoms with Crippen molar-refractivity contribution < 1.29 is 13.7 Å². The number of hydrogen-bond donors (Lipinski definition) is 0. The van der Waals surface area contributed by atoms with Crippen LogP contribution in [-0.4, -0.2) is 55.2 Å². The molecule has 1 aromatic heterocycles. The molecule has 0 N–H and O–H groups in total. The number of nitrogens with zero attached hydrogens (tertiary/aromatic N) is 4. The van der Waals surface area contributed by atoms with Gasteiger partial charge in [0.05, 0.1) is 11.1 Å². The van der Waals surface area contributed by atoms with Gasteiger partial charge in [0.2, 0.25) is 5.91 Å². The first kappa shape index (κ1) is 21.9. The fourth-order valence-electron chi connectivity index (χ4n) is 5.20. The largest absolute Gasteiger partial charge is 0.354 e. The van der Waals surface area contributed by atoms with Crippen LogP contribution in [0.4, 0.5) is 15.9 Å². The van der Waals surface area contributed by atoms with E-state index in [0.29, 0.717) is 13.0 Å². The molecule has 2 aliphatic rings. The molecule has 3 heterocycles. The van der Waals surface area contributed by atoms with Crippen LogP contribution in [0.1, 0.15) is 38.3 Å². The van der Waals surface area contributed by atoms with Gasteiger partial charge in [-0.25, -0.2) is 4.39 Å². The second kappa shape index (κ2) is 8.45. The second-order valence-corrected chi connectivity index (χ2v) is 9.85. The van der Waals surface area contributed by atoms with Crippen LogP contribution >= 0.6 is 0 Å². The Morgan fingerprint density at radius 3 is 2.64 bits per heavy atom. The highest BCUT2D eigenvalue weighted by molar-refractivity contribution is 5.94. The Morgan fingerprint density at radius 2 is 1.88 bits per heavy atom. The number of hydrogen-bond acceptors (Lipinski definition) is 5. The molecule has 1 fully saturated rings. The van der Waals surface area contributed by atoms with E-state index in [-0.39, 0.29) is 17.1 Å². The van der Waals surface area contributed by atoms with Crippen molar-refractivity contribution in [3.8, 4) is 0 Å². The van der Waals surface area contributed by atoms with Crippen molar-refractivity contribution in [2.24, 2.45) is 0 Å². The van der Waals surface area contributed by atoms with Gasteiger partial charge >= 0.3 is 0 Å². The Bertz CT molecular complexity index is 1180. The molecular weight excluding hydrogens is 419 g/mol. The van der Waals surface area contributed by atoms with E-state index in [9.17, 15) is 9.18 Å². The minimum Gasteiger partial charge on any atom is -0.354 e. The number of benzene rings is 2. The highest BCUT2D eigenvalue weighted by atomic mass is 19.1. The van der Waals surface area contributed by atoms with E-state index in [1.807, 2.05) is 29.2 Å². The van der Waals surface area contributed by atoms with Crippen molar-refractivity contribution in [1.29, 1.82) is 0 Å². The first-order chi connectivity index (χ1) is 15.8. The normalized spacial score (nSPS) is 18.5. The molecule has 0 bridgehead atoms. The third-order valence-electron chi connectivity index (χ3n) is 7.22. The predicted molar refractivity (Wildman–Crippen MR) is 128 cm³/mol. The maximum absolute atomic E-state index is 14.6. The lowest BCUT2D eigenvalue weighted by Crippen LogP contribution is -2.47. The molecule has 2 aromatic carbocycles. The molecule has 3 aromatic rings. The summed E-state index contributed by atoms with van der Waals surface area (Å²) in [6.45, 7) is 10.9. The number of carbonyl (C=O) groups excluding carboxylic acids is 1. The Kier molecular flexibility index (Phi) is 5.60. The van der Waals surface area contributed by atoms with Crippen molar-refractivity contribution in [3.63, 3.8) is 0 Å². The first-order valence-corrected chi connectivity index (χ1v) is 11.8. The van der Waals surface area contributed by atoms with Crippen LogP contribution < -0.4 is 9.80 Å². The number of carbonyl (C=O) groups is 1. The minimum atomic E-state index is -0.218. The number of rotatable bonds is 4. The van der Waals surface area contributed by atoms with E-state index in [4.69, 9.17) is 4.52 Å². The van der Waals surface area contributed by atoms with Crippen LogP contribution in [0.25, 0.3) is 11.0 Å². The molecule has 174 valence electrons. The van der Waals surface area contributed by atoms with Gasteiger partial charge in [-0.05, 0) is 53.6 Å². The van der Waals surface area contributed by atoms with Crippen molar-refractivity contribution in [1.82, 2.24) is 10.1 Å². The molecule has 6 nitrogen and oxygen atoms in total. The van der Waals surface area contributed by atoms with Gasteiger partial charge in [0.25, 0.3) is 0 Å². The summed E-state index contributed by atoms with van der Waals surface area (Å²) < 4.78 is 20.1. The van der Waals surface area contributed by atoms with Crippen LogP contribution in [0.15, 0.2) is 40.9 Å². The summed E-state index contributed by atoms with van der Waals surface area (Å²) in [5.74, 6) is 0.710. The highest BCUT2D eigenvalue weighted by Gasteiger charge is 2.35. The predicted octanol–water partition coefficient (Wildman–Crippen LogP) is 4.37. The number of aromatic nitrogens is 1. The van der Waals surface area contributed by atoms with Gasteiger partial charge in [0.15, 0.2) is 11.4 Å². The Hall–Kier alpha value is -2.93. The third-order valence-corrected chi connectivity index (χ3v) is 7.22. The SMILES string of the molecule is CC(=O)N1CCC(C)(C)c2cc(F)cc(CCN3CCN(c4noc5ccccc45)CC3)c21. The molecule has 0 unspecified atom stereocenters. The van der Waals surface area contributed by atoms with Gasteiger partial charge in [-0.3, -0.25) is 9.69 Å². The van der Waals surface area contributed by atoms with Gasteiger partial charge in [-0.15, -0.1) is 0 Å². The topological polar surface area (TPSA) is 52.8 Å². The van der Waals surface area contributed by atoms with E-state index in [2.05, 4.69) is 28.8 Å². The minimum absolute atomic E-state index is 0.0214. The van der Waals surface area contributed by atoms with Crippen molar-refractivity contribution in [2.45, 2.75) is 39.0 Å².